The van der Waals surface area contributed by atoms with Gasteiger partial charge in [0, 0.05) is 17.3 Å². The third-order valence-corrected chi connectivity index (χ3v) is 3.54. The molecule has 3 rings (SSSR count). The fraction of sp³-hybridized carbons (Fsp3) is 0.267. The van der Waals surface area contributed by atoms with Crippen LogP contribution in [0.2, 0.25) is 0 Å². The quantitative estimate of drug-likeness (QED) is 0.738. The topological polar surface area (TPSA) is 12.9 Å². The number of aryl methyl sites for hydroxylation is 1. The average molecular weight is 209 g/mol. The highest BCUT2D eigenvalue weighted by molar-refractivity contribution is 5.43. The first-order valence-electron chi connectivity index (χ1n) is 5.80. The van der Waals surface area contributed by atoms with Crippen LogP contribution >= 0.6 is 0 Å². The van der Waals surface area contributed by atoms with Crippen molar-refractivity contribution < 1.29 is 0 Å². The molecule has 0 atom stereocenters. The van der Waals surface area contributed by atoms with Crippen molar-refractivity contribution in [1.29, 1.82) is 0 Å². The van der Waals surface area contributed by atoms with Crippen LogP contribution in [0, 0.1) is 6.92 Å². The first kappa shape index (κ1) is 9.59. The molecule has 1 nitrogen and oxygen atoms in total. The summed E-state index contributed by atoms with van der Waals surface area (Å²) in [6, 6.07) is 15.1. The lowest BCUT2D eigenvalue weighted by atomic mass is 9.89. The van der Waals surface area contributed by atoms with Crippen molar-refractivity contribution >= 4 is 0 Å². The SMILES string of the molecule is Cc1ccc(C2(c3ccccc3)CC2)cn1. The molecule has 0 N–H and O–H groups in total. The Hall–Kier alpha value is -1.63. The number of hydrogen-bond donors (Lipinski definition) is 0. The maximum Gasteiger partial charge on any atom is 0.0372 e. The van der Waals surface area contributed by atoms with Crippen molar-refractivity contribution in [2.24, 2.45) is 0 Å². The van der Waals surface area contributed by atoms with Gasteiger partial charge in [0.25, 0.3) is 0 Å². The molecule has 1 aliphatic carbocycles. The molecule has 0 radical (unpaired) electrons. The second-order valence-electron chi connectivity index (χ2n) is 4.64. The van der Waals surface area contributed by atoms with E-state index in [-0.39, 0.29) is 5.41 Å². The molecule has 1 aromatic heterocycles. The molecule has 1 fully saturated rings. The lowest BCUT2D eigenvalue weighted by molar-refractivity contribution is 0.836. The highest BCUT2D eigenvalue weighted by Gasteiger charge is 2.45. The monoisotopic (exact) mass is 209 g/mol. The second kappa shape index (κ2) is 3.44. The smallest absolute Gasteiger partial charge is 0.0372 e. The zero-order valence-corrected chi connectivity index (χ0v) is 9.48. The Balaban J connectivity index is 2.03. The van der Waals surface area contributed by atoms with Crippen molar-refractivity contribution in [3.63, 3.8) is 0 Å². The molecule has 0 spiro atoms. The summed E-state index contributed by atoms with van der Waals surface area (Å²) in [5.41, 5.74) is 4.15. The van der Waals surface area contributed by atoms with Crippen LogP contribution in [0.3, 0.4) is 0 Å². The zero-order chi connectivity index (χ0) is 11.0. The second-order valence-corrected chi connectivity index (χ2v) is 4.64. The van der Waals surface area contributed by atoms with Gasteiger partial charge in [-0.25, -0.2) is 0 Å². The van der Waals surface area contributed by atoms with E-state index in [4.69, 9.17) is 0 Å². The van der Waals surface area contributed by atoms with Crippen molar-refractivity contribution in [1.82, 2.24) is 4.98 Å². The third kappa shape index (κ3) is 1.44. The Labute approximate surface area is 96.2 Å². The van der Waals surface area contributed by atoms with Crippen LogP contribution in [0.4, 0.5) is 0 Å². The van der Waals surface area contributed by atoms with E-state index in [9.17, 15) is 0 Å². The number of rotatable bonds is 2. The summed E-state index contributed by atoms with van der Waals surface area (Å²) in [6.07, 6.45) is 4.54. The number of hydrogen-bond acceptors (Lipinski definition) is 1. The van der Waals surface area contributed by atoms with E-state index in [1.165, 1.54) is 24.0 Å². The minimum Gasteiger partial charge on any atom is -0.261 e. The highest BCUT2D eigenvalue weighted by Crippen LogP contribution is 2.53. The standard InChI is InChI=1S/C15H15N/c1-12-7-8-14(11-16-12)15(9-10-15)13-5-3-2-4-6-13/h2-8,11H,9-10H2,1H3. The van der Waals surface area contributed by atoms with Crippen LogP contribution in [0.25, 0.3) is 0 Å². The summed E-state index contributed by atoms with van der Waals surface area (Å²) in [5, 5.41) is 0. The number of benzene rings is 1. The van der Waals surface area contributed by atoms with E-state index < -0.39 is 0 Å². The van der Waals surface area contributed by atoms with E-state index >= 15 is 0 Å². The normalized spacial score (nSPS) is 17.1. The summed E-state index contributed by atoms with van der Waals surface area (Å²) in [5.74, 6) is 0. The Kier molecular flexibility index (Phi) is 2.06. The van der Waals surface area contributed by atoms with Crippen molar-refractivity contribution in [3.8, 4) is 0 Å². The summed E-state index contributed by atoms with van der Waals surface area (Å²) in [6.45, 7) is 2.03. The zero-order valence-electron chi connectivity index (χ0n) is 9.48. The molecule has 80 valence electrons. The minimum absolute atomic E-state index is 0.266. The van der Waals surface area contributed by atoms with Gasteiger partial charge in [-0.2, -0.15) is 0 Å². The van der Waals surface area contributed by atoms with Crippen LogP contribution in [0.15, 0.2) is 48.7 Å². The molecule has 1 heteroatoms. The van der Waals surface area contributed by atoms with Gasteiger partial charge in [-0.3, -0.25) is 4.98 Å². The predicted molar refractivity (Wildman–Crippen MR) is 65.4 cm³/mol. The van der Waals surface area contributed by atoms with Gasteiger partial charge in [-0.1, -0.05) is 36.4 Å². The highest BCUT2D eigenvalue weighted by atomic mass is 14.7. The summed E-state index contributed by atoms with van der Waals surface area (Å²) in [7, 11) is 0. The molecule has 1 aliphatic rings. The largest absolute Gasteiger partial charge is 0.261 e. The fourth-order valence-electron chi connectivity index (χ4n) is 2.38. The molecule has 1 heterocycles. The third-order valence-electron chi connectivity index (χ3n) is 3.54. The first-order chi connectivity index (χ1) is 7.81. The van der Waals surface area contributed by atoms with Gasteiger partial charge in [0.1, 0.15) is 0 Å². The van der Waals surface area contributed by atoms with Gasteiger partial charge in [0.05, 0.1) is 0 Å². The fourth-order valence-corrected chi connectivity index (χ4v) is 2.38. The molecule has 0 aliphatic heterocycles. The molecule has 16 heavy (non-hydrogen) atoms. The molecule has 1 saturated carbocycles. The number of aromatic nitrogens is 1. The van der Waals surface area contributed by atoms with Gasteiger partial charge >= 0.3 is 0 Å². The first-order valence-corrected chi connectivity index (χ1v) is 5.80. The average Bonchev–Trinajstić information content (AvgIpc) is 3.13. The maximum atomic E-state index is 4.41. The van der Waals surface area contributed by atoms with Gasteiger partial charge in [-0.15, -0.1) is 0 Å². The molecule has 0 bridgehead atoms. The molecule has 0 saturated heterocycles. The lowest BCUT2D eigenvalue weighted by Gasteiger charge is -2.15. The Bertz CT molecular complexity index is 481. The van der Waals surface area contributed by atoms with Crippen LogP contribution in [-0.4, -0.2) is 4.98 Å². The van der Waals surface area contributed by atoms with Crippen LogP contribution < -0.4 is 0 Å². The van der Waals surface area contributed by atoms with Crippen LogP contribution in [0.5, 0.6) is 0 Å². The maximum absolute atomic E-state index is 4.41. The molecular formula is C15H15N. The number of nitrogens with zero attached hydrogens (tertiary/aromatic N) is 1. The van der Waals surface area contributed by atoms with E-state index in [0.29, 0.717) is 0 Å². The van der Waals surface area contributed by atoms with E-state index in [2.05, 4.69) is 47.4 Å². The Morgan fingerprint density at radius 1 is 0.938 bits per heavy atom. The Morgan fingerprint density at radius 2 is 1.69 bits per heavy atom. The molecular weight excluding hydrogens is 194 g/mol. The predicted octanol–water partition coefficient (Wildman–Crippen LogP) is 3.47. The van der Waals surface area contributed by atoms with Crippen molar-refractivity contribution in [3.05, 3.63) is 65.5 Å². The van der Waals surface area contributed by atoms with E-state index in [1.54, 1.807) is 0 Å². The number of pyridine rings is 1. The van der Waals surface area contributed by atoms with Crippen LogP contribution in [-0.2, 0) is 5.41 Å². The lowest BCUT2D eigenvalue weighted by Crippen LogP contribution is -2.08. The van der Waals surface area contributed by atoms with Gasteiger partial charge in [0.15, 0.2) is 0 Å². The molecule has 2 aromatic rings. The van der Waals surface area contributed by atoms with Gasteiger partial charge < -0.3 is 0 Å². The minimum atomic E-state index is 0.266. The summed E-state index contributed by atoms with van der Waals surface area (Å²) >= 11 is 0. The van der Waals surface area contributed by atoms with Gasteiger partial charge in [-0.05, 0) is 37.0 Å². The summed E-state index contributed by atoms with van der Waals surface area (Å²) in [4.78, 5) is 4.41. The van der Waals surface area contributed by atoms with Crippen LogP contribution in [0.1, 0.15) is 29.7 Å². The Morgan fingerprint density at radius 3 is 2.25 bits per heavy atom. The van der Waals surface area contributed by atoms with Gasteiger partial charge in [0.2, 0.25) is 0 Å². The van der Waals surface area contributed by atoms with E-state index in [1.807, 2.05) is 13.1 Å². The van der Waals surface area contributed by atoms with E-state index in [0.717, 1.165) is 5.69 Å². The molecule has 0 amide bonds. The summed E-state index contributed by atoms with van der Waals surface area (Å²) < 4.78 is 0. The molecule has 0 unspecified atom stereocenters. The van der Waals surface area contributed by atoms with Crippen molar-refractivity contribution in [2.75, 3.05) is 0 Å². The van der Waals surface area contributed by atoms with Crippen molar-refractivity contribution in [2.45, 2.75) is 25.2 Å². The molecule has 1 aromatic carbocycles.